The fraction of sp³-hybridized carbons (Fsp3) is 0.167. The predicted octanol–water partition coefficient (Wildman–Crippen LogP) is 2.39. The second-order valence-corrected chi connectivity index (χ2v) is 4.16. The summed E-state index contributed by atoms with van der Waals surface area (Å²) >= 11 is 0. The van der Waals surface area contributed by atoms with Crippen LogP contribution in [0.5, 0.6) is 0 Å². The number of rotatable bonds is 2. The highest BCUT2D eigenvalue weighted by atomic mass is 19.1. The maximum absolute atomic E-state index is 14.0. The number of nitro groups is 1. The van der Waals surface area contributed by atoms with E-state index in [0.29, 0.717) is 5.56 Å². The zero-order chi connectivity index (χ0) is 14.2. The molecular formula is C12H11FN4O2. The van der Waals surface area contributed by atoms with E-state index in [9.17, 15) is 14.5 Å². The van der Waals surface area contributed by atoms with E-state index in [2.05, 4.69) is 9.97 Å². The number of aryl methyl sites for hydroxylation is 2. The van der Waals surface area contributed by atoms with E-state index in [4.69, 9.17) is 5.73 Å². The normalized spacial score (nSPS) is 10.5. The lowest BCUT2D eigenvalue weighted by Gasteiger charge is -2.08. The number of nitrogens with two attached hydrogens (primary N) is 1. The third-order valence-electron chi connectivity index (χ3n) is 2.65. The summed E-state index contributed by atoms with van der Waals surface area (Å²) in [6, 6.07) is 3.02. The second kappa shape index (κ2) is 4.60. The van der Waals surface area contributed by atoms with Gasteiger partial charge in [-0.15, -0.1) is 0 Å². The number of nitrogens with zero attached hydrogens (tertiary/aromatic N) is 3. The van der Waals surface area contributed by atoms with Crippen molar-refractivity contribution in [3.63, 3.8) is 0 Å². The molecule has 0 aliphatic carbocycles. The van der Waals surface area contributed by atoms with E-state index in [0.717, 1.165) is 11.8 Å². The van der Waals surface area contributed by atoms with Crippen molar-refractivity contribution in [1.29, 1.82) is 0 Å². The van der Waals surface area contributed by atoms with Crippen LogP contribution in [0.3, 0.4) is 0 Å². The lowest BCUT2D eigenvalue weighted by Crippen LogP contribution is -2.03. The average molecular weight is 262 g/mol. The van der Waals surface area contributed by atoms with Gasteiger partial charge in [-0.2, -0.15) is 0 Å². The molecule has 0 spiro atoms. The predicted molar refractivity (Wildman–Crippen MR) is 68.0 cm³/mol. The summed E-state index contributed by atoms with van der Waals surface area (Å²) in [5.74, 6) is -0.710. The first-order valence-corrected chi connectivity index (χ1v) is 5.44. The molecule has 2 rings (SSSR count). The van der Waals surface area contributed by atoms with Gasteiger partial charge in [0, 0.05) is 5.56 Å². The minimum absolute atomic E-state index is 0.0754. The monoisotopic (exact) mass is 262 g/mol. The number of aromatic nitrogens is 2. The van der Waals surface area contributed by atoms with Crippen LogP contribution in [0.1, 0.15) is 11.1 Å². The van der Waals surface area contributed by atoms with E-state index >= 15 is 0 Å². The maximum atomic E-state index is 14.0. The third kappa shape index (κ3) is 2.35. The molecule has 0 amide bonds. The molecule has 0 aliphatic heterocycles. The highest BCUT2D eigenvalue weighted by Crippen LogP contribution is 2.32. The molecule has 0 unspecified atom stereocenters. The van der Waals surface area contributed by atoms with Crippen LogP contribution in [0, 0.1) is 29.8 Å². The molecule has 1 heterocycles. The first-order valence-electron chi connectivity index (χ1n) is 5.44. The van der Waals surface area contributed by atoms with Crippen LogP contribution in [0.2, 0.25) is 0 Å². The molecule has 7 heteroatoms. The Kier molecular flexibility index (Phi) is 3.12. The molecule has 6 nitrogen and oxygen atoms in total. The fourth-order valence-electron chi connectivity index (χ4n) is 1.92. The zero-order valence-electron chi connectivity index (χ0n) is 10.3. The molecular weight excluding hydrogens is 251 g/mol. The number of nitrogen functional groups attached to an aromatic ring is 1. The molecule has 0 saturated carbocycles. The lowest BCUT2D eigenvalue weighted by atomic mass is 10.0. The smallest absolute Gasteiger partial charge is 0.313 e. The van der Waals surface area contributed by atoms with E-state index in [1.807, 2.05) is 0 Å². The van der Waals surface area contributed by atoms with Crippen molar-refractivity contribution in [3.8, 4) is 11.3 Å². The lowest BCUT2D eigenvalue weighted by molar-refractivity contribution is -0.384. The van der Waals surface area contributed by atoms with Gasteiger partial charge in [0.05, 0.1) is 4.92 Å². The van der Waals surface area contributed by atoms with Crippen molar-refractivity contribution in [2.24, 2.45) is 0 Å². The largest absolute Gasteiger partial charge is 0.368 e. The first-order chi connectivity index (χ1) is 8.90. The van der Waals surface area contributed by atoms with E-state index in [-0.39, 0.29) is 22.9 Å². The Morgan fingerprint density at radius 1 is 1.37 bits per heavy atom. The van der Waals surface area contributed by atoms with Crippen LogP contribution in [0.4, 0.5) is 16.0 Å². The molecule has 1 aromatic carbocycles. The maximum Gasteiger partial charge on any atom is 0.313 e. The second-order valence-electron chi connectivity index (χ2n) is 4.16. The number of hydrogen-bond acceptors (Lipinski definition) is 5. The van der Waals surface area contributed by atoms with Gasteiger partial charge in [-0.1, -0.05) is 6.07 Å². The van der Waals surface area contributed by atoms with Gasteiger partial charge in [0.25, 0.3) is 0 Å². The van der Waals surface area contributed by atoms with Crippen molar-refractivity contribution in [2.75, 3.05) is 5.73 Å². The molecule has 0 radical (unpaired) electrons. The summed E-state index contributed by atoms with van der Waals surface area (Å²) in [4.78, 5) is 17.7. The van der Waals surface area contributed by atoms with Crippen molar-refractivity contribution >= 4 is 11.6 Å². The molecule has 98 valence electrons. The van der Waals surface area contributed by atoms with Gasteiger partial charge in [-0.05, 0) is 31.0 Å². The van der Waals surface area contributed by atoms with Gasteiger partial charge in [0.1, 0.15) is 12.0 Å². The van der Waals surface area contributed by atoms with E-state index in [1.165, 1.54) is 6.07 Å². The summed E-state index contributed by atoms with van der Waals surface area (Å²) in [5, 5.41) is 11.0. The van der Waals surface area contributed by atoms with Gasteiger partial charge < -0.3 is 5.73 Å². The summed E-state index contributed by atoms with van der Waals surface area (Å²) < 4.78 is 14.0. The number of halogens is 1. The summed E-state index contributed by atoms with van der Waals surface area (Å²) in [7, 11) is 0. The number of anilines is 1. The molecule has 0 saturated heterocycles. The molecule has 2 N–H and O–H groups in total. The van der Waals surface area contributed by atoms with Crippen molar-refractivity contribution in [1.82, 2.24) is 9.97 Å². The minimum Gasteiger partial charge on any atom is -0.368 e. The molecule has 0 bridgehead atoms. The van der Waals surface area contributed by atoms with E-state index in [1.54, 1.807) is 19.9 Å². The Hall–Kier alpha value is -2.57. The first kappa shape index (κ1) is 12.9. The Morgan fingerprint density at radius 2 is 2.05 bits per heavy atom. The van der Waals surface area contributed by atoms with E-state index < -0.39 is 10.7 Å². The quantitative estimate of drug-likeness (QED) is 0.662. The Labute approximate surface area is 108 Å². The number of hydrogen-bond donors (Lipinski definition) is 1. The van der Waals surface area contributed by atoms with Crippen LogP contribution in [0.25, 0.3) is 11.3 Å². The topological polar surface area (TPSA) is 94.9 Å². The van der Waals surface area contributed by atoms with Crippen molar-refractivity contribution < 1.29 is 9.31 Å². The summed E-state index contributed by atoms with van der Waals surface area (Å²) in [5.41, 5.74) is 6.30. The molecule has 0 aliphatic rings. The Bertz CT molecular complexity index is 650. The van der Waals surface area contributed by atoms with Crippen LogP contribution < -0.4 is 5.73 Å². The number of benzene rings is 1. The van der Waals surface area contributed by atoms with Crippen LogP contribution in [-0.2, 0) is 0 Å². The molecule has 1 aromatic heterocycles. The molecule has 0 fully saturated rings. The molecule has 19 heavy (non-hydrogen) atoms. The van der Waals surface area contributed by atoms with Gasteiger partial charge in [-0.3, -0.25) is 10.1 Å². The van der Waals surface area contributed by atoms with Gasteiger partial charge in [0.2, 0.25) is 5.95 Å². The molecule has 2 aromatic rings. The Balaban J connectivity index is 2.78. The SMILES string of the molecule is Cc1cc(C)c(-c2nc(N)ncc2[N+](=O)[O-])c(F)c1. The van der Waals surface area contributed by atoms with Crippen molar-refractivity contribution in [2.45, 2.75) is 13.8 Å². The average Bonchev–Trinajstić information content (AvgIpc) is 2.27. The highest BCUT2D eigenvalue weighted by Gasteiger charge is 2.22. The van der Waals surface area contributed by atoms with Crippen molar-refractivity contribution in [3.05, 3.63) is 45.4 Å². The standard InChI is InChI=1S/C12H11FN4O2/c1-6-3-7(2)10(8(13)4-6)11-9(17(18)19)5-15-12(14)16-11/h3-5H,1-2H3,(H2,14,15,16). The van der Waals surface area contributed by atoms with Gasteiger partial charge in [-0.25, -0.2) is 14.4 Å². The summed E-state index contributed by atoms with van der Waals surface area (Å²) in [6.45, 7) is 3.40. The zero-order valence-corrected chi connectivity index (χ0v) is 10.3. The highest BCUT2D eigenvalue weighted by molar-refractivity contribution is 5.73. The molecule has 0 atom stereocenters. The van der Waals surface area contributed by atoms with Crippen LogP contribution in [-0.4, -0.2) is 14.9 Å². The van der Waals surface area contributed by atoms with Gasteiger partial charge >= 0.3 is 5.69 Å². The Morgan fingerprint density at radius 3 is 2.63 bits per heavy atom. The van der Waals surface area contributed by atoms with Crippen LogP contribution >= 0.6 is 0 Å². The minimum atomic E-state index is -0.659. The van der Waals surface area contributed by atoms with Gasteiger partial charge in [0.15, 0.2) is 5.69 Å². The summed E-state index contributed by atoms with van der Waals surface area (Å²) in [6.07, 6.45) is 0.983. The third-order valence-corrected chi connectivity index (χ3v) is 2.65. The fourth-order valence-corrected chi connectivity index (χ4v) is 1.92. The van der Waals surface area contributed by atoms with Crippen LogP contribution in [0.15, 0.2) is 18.3 Å².